The van der Waals surface area contributed by atoms with Crippen LogP contribution in [0.2, 0.25) is 0 Å². The molecule has 1 fully saturated rings. The van der Waals surface area contributed by atoms with Crippen molar-refractivity contribution in [1.82, 2.24) is 9.88 Å². The van der Waals surface area contributed by atoms with Crippen molar-refractivity contribution in [2.24, 2.45) is 0 Å². The monoisotopic (exact) mass is 348 g/mol. The van der Waals surface area contributed by atoms with E-state index in [1.807, 2.05) is 47.4 Å². The van der Waals surface area contributed by atoms with Crippen LogP contribution in [-0.2, 0) is 18.0 Å². The van der Waals surface area contributed by atoms with Crippen LogP contribution >= 0.6 is 0 Å². The second-order valence-corrected chi connectivity index (χ2v) is 7.06. The van der Waals surface area contributed by atoms with Crippen LogP contribution in [0.15, 0.2) is 46.9 Å². The van der Waals surface area contributed by atoms with Crippen LogP contribution in [0, 0.1) is 0 Å². The number of amides is 1. The van der Waals surface area contributed by atoms with E-state index in [0.29, 0.717) is 13.2 Å². The molecule has 2 aliphatic heterocycles. The van der Waals surface area contributed by atoms with Gasteiger partial charge in [-0.1, -0.05) is 18.2 Å². The van der Waals surface area contributed by atoms with E-state index in [9.17, 15) is 4.79 Å². The predicted octanol–water partition coefficient (Wildman–Crippen LogP) is 3.88. The summed E-state index contributed by atoms with van der Waals surface area (Å²) in [5.41, 5.74) is 4.82. The van der Waals surface area contributed by atoms with Gasteiger partial charge in [-0.15, -0.1) is 0 Å². The van der Waals surface area contributed by atoms with Crippen molar-refractivity contribution in [3.05, 3.63) is 65.0 Å². The number of hydrogen-bond acceptors (Lipinski definition) is 4. The Kier molecular flexibility index (Phi) is 3.75. The number of hydrogen-bond donors (Lipinski definition) is 0. The van der Waals surface area contributed by atoms with Gasteiger partial charge >= 0.3 is 0 Å². The molecule has 2 aliphatic rings. The van der Waals surface area contributed by atoms with Crippen molar-refractivity contribution >= 4 is 17.0 Å². The lowest BCUT2D eigenvalue weighted by atomic mass is 9.96. The molecule has 26 heavy (non-hydrogen) atoms. The summed E-state index contributed by atoms with van der Waals surface area (Å²) in [5.74, 6) is 1.18. The highest BCUT2D eigenvalue weighted by molar-refractivity contribution is 5.94. The quantitative estimate of drug-likeness (QED) is 0.705. The molecule has 0 spiro atoms. The van der Waals surface area contributed by atoms with Gasteiger partial charge in [0.05, 0.1) is 13.2 Å². The molecule has 1 amide bonds. The van der Waals surface area contributed by atoms with Crippen LogP contribution in [0.25, 0.3) is 11.1 Å². The highest BCUT2D eigenvalue weighted by atomic mass is 16.5. The molecule has 0 radical (unpaired) electrons. The summed E-state index contributed by atoms with van der Waals surface area (Å²) in [7, 11) is 0. The standard InChI is InChI=1S/C21H20N2O3/c24-21(15-5-6-16-12-25-13-17(16)11-15)23-9-7-14(8-10-23)20-22-18-3-1-2-4-19(18)26-20/h1-6,11,14H,7-10,12-13H2. The van der Waals surface area contributed by atoms with Crippen molar-refractivity contribution in [3.8, 4) is 0 Å². The number of oxazole rings is 1. The molecule has 5 nitrogen and oxygen atoms in total. The lowest BCUT2D eigenvalue weighted by molar-refractivity contribution is 0.0706. The average molecular weight is 348 g/mol. The van der Waals surface area contributed by atoms with Crippen LogP contribution in [0.5, 0.6) is 0 Å². The maximum atomic E-state index is 12.8. The van der Waals surface area contributed by atoms with Gasteiger partial charge in [0.15, 0.2) is 11.5 Å². The number of aromatic nitrogens is 1. The summed E-state index contributed by atoms with van der Waals surface area (Å²) < 4.78 is 11.4. The van der Waals surface area contributed by atoms with Gasteiger partial charge < -0.3 is 14.1 Å². The van der Waals surface area contributed by atoms with E-state index in [0.717, 1.165) is 54.0 Å². The maximum Gasteiger partial charge on any atom is 0.253 e. The Bertz CT molecular complexity index is 937. The number of para-hydroxylation sites is 2. The third kappa shape index (κ3) is 2.69. The molecule has 1 saturated heterocycles. The molecule has 132 valence electrons. The molecule has 2 aromatic carbocycles. The maximum absolute atomic E-state index is 12.8. The molecule has 0 unspecified atom stereocenters. The average Bonchev–Trinajstić information content (AvgIpc) is 3.33. The molecule has 0 atom stereocenters. The van der Waals surface area contributed by atoms with Crippen molar-refractivity contribution < 1.29 is 13.9 Å². The van der Waals surface area contributed by atoms with E-state index in [-0.39, 0.29) is 11.8 Å². The van der Waals surface area contributed by atoms with Gasteiger partial charge in [-0.2, -0.15) is 0 Å². The summed E-state index contributed by atoms with van der Waals surface area (Å²) in [6.07, 6.45) is 1.76. The lowest BCUT2D eigenvalue weighted by Gasteiger charge is -2.30. The zero-order valence-corrected chi connectivity index (χ0v) is 14.5. The van der Waals surface area contributed by atoms with Gasteiger partial charge in [-0.25, -0.2) is 4.98 Å². The van der Waals surface area contributed by atoms with Gasteiger partial charge in [0.2, 0.25) is 0 Å². The molecule has 5 heteroatoms. The Balaban J connectivity index is 1.28. The summed E-state index contributed by atoms with van der Waals surface area (Å²) in [6.45, 7) is 2.72. The van der Waals surface area contributed by atoms with Gasteiger partial charge in [-0.3, -0.25) is 4.79 Å². The Morgan fingerprint density at radius 2 is 1.85 bits per heavy atom. The van der Waals surface area contributed by atoms with E-state index in [1.165, 1.54) is 5.56 Å². The zero-order valence-electron chi connectivity index (χ0n) is 14.5. The topological polar surface area (TPSA) is 55.6 Å². The first kappa shape index (κ1) is 15.6. The molecule has 0 N–H and O–H groups in total. The minimum atomic E-state index is 0.107. The minimum Gasteiger partial charge on any atom is -0.440 e. The Labute approximate surface area is 151 Å². The highest BCUT2D eigenvalue weighted by Gasteiger charge is 2.28. The van der Waals surface area contributed by atoms with E-state index >= 15 is 0 Å². The largest absolute Gasteiger partial charge is 0.440 e. The predicted molar refractivity (Wildman–Crippen MR) is 96.8 cm³/mol. The van der Waals surface area contributed by atoms with Crippen LogP contribution in [0.1, 0.15) is 46.1 Å². The van der Waals surface area contributed by atoms with Crippen molar-refractivity contribution in [3.63, 3.8) is 0 Å². The van der Waals surface area contributed by atoms with Crippen molar-refractivity contribution in [2.45, 2.75) is 32.0 Å². The van der Waals surface area contributed by atoms with E-state index in [1.54, 1.807) is 0 Å². The van der Waals surface area contributed by atoms with Gasteiger partial charge in [-0.05, 0) is 48.2 Å². The SMILES string of the molecule is O=C(c1ccc2c(c1)COC2)N1CCC(c2nc3ccccc3o2)CC1. The molecular formula is C21H20N2O3. The fraction of sp³-hybridized carbons (Fsp3) is 0.333. The summed E-state index contributed by atoms with van der Waals surface area (Å²) in [4.78, 5) is 19.4. The molecule has 0 bridgehead atoms. The van der Waals surface area contributed by atoms with Gasteiger partial charge in [0.25, 0.3) is 5.91 Å². The van der Waals surface area contributed by atoms with E-state index in [4.69, 9.17) is 9.15 Å². The molecule has 5 rings (SSSR count). The first-order valence-electron chi connectivity index (χ1n) is 9.12. The third-order valence-electron chi connectivity index (χ3n) is 5.41. The number of carbonyl (C=O) groups excluding carboxylic acids is 1. The Morgan fingerprint density at radius 3 is 2.69 bits per heavy atom. The first-order chi connectivity index (χ1) is 12.8. The molecule has 0 saturated carbocycles. The second-order valence-electron chi connectivity index (χ2n) is 7.06. The fourth-order valence-corrected chi connectivity index (χ4v) is 3.88. The fourth-order valence-electron chi connectivity index (χ4n) is 3.88. The number of rotatable bonds is 2. The smallest absolute Gasteiger partial charge is 0.253 e. The summed E-state index contributed by atoms with van der Waals surface area (Å²) in [6, 6.07) is 13.8. The minimum absolute atomic E-state index is 0.107. The second kappa shape index (κ2) is 6.25. The Hall–Kier alpha value is -2.66. The van der Waals surface area contributed by atoms with Crippen LogP contribution < -0.4 is 0 Å². The summed E-state index contributed by atoms with van der Waals surface area (Å²) >= 11 is 0. The van der Waals surface area contributed by atoms with Gasteiger partial charge in [0, 0.05) is 24.6 Å². The zero-order chi connectivity index (χ0) is 17.5. The number of nitrogens with zero attached hydrogens (tertiary/aromatic N) is 2. The van der Waals surface area contributed by atoms with Crippen LogP contribution in [0.4, 0.5) is 0 Å². The van der Waals surface area contributed by atoms with Crippen LogP contribution in [0.3, 0.4) is 0 Å². The van der Waals surface area contributed by atoms with Crippen molar-refractivity contribution in [1.29, 1.82) is 0 Å². The third-order valence-corrected chi connectivity index (χ3v) is 5.41. The number of ether oxygens (including phenoxy) is 1. The molecule has 3 heterocycles. The molecule has 0 aliphatic carbocycles. The summed E-state index contributed by atoms with van der Waals surface area (Å²) in [5, 5.41) is 0. The number of carbonyl (C=O) groups is 1. The van der Waals surface area contributed by atoms with Gasteiger partial charge in [0.1, 0.15) is 5.52 Å². The van der Waals surface area contributed by atoms with E-state index < -0.39 is 0 Å². The molecule has 3 aromatic rings. The van der Waals surface area contributed by atoms with Crippen LogP contribution in [-0.4, -0.2) is 28.9 Å². The Morgan fingerprint density at radius 1 is 1.04 bits per heavy atom. The molecule has 1 aromatic heterocycles. The molecular weight excluding hydrogens is 328 g/mol. The highest BCUT2D eigenvalue weighted by Crippen LogP contribution is 2.30. The first-order valence-corrected chi connectivity index (χ1v) is 9.12. The van der Waals surface area contributed by atoms with E-state index in [2.05, 4.69) is 4.98 Å². The number of benzene rings is 2. The van der Waals surface area contributed by atoms with Crippen molar-refractivity contribution in [2.75, 3.05) is 13.1 Å². The number of fused-ring (bicyclic) bond motifs is 2. The normalized spacial score (nSPS) is 17.6. The number of piperidine rings is 1. The lowest BCUT2D eigenvalue weighted by Crippen LogP contribution is -2.38. The number of likely N-dealkylation sites (tertiary alicyclic amines) is 1.